The van der Waals surface area contributed by atoms with Gasteiger partial charge in [-0.05, 0) is 36.5 Å². The molecule has 0 radical (unpaired) electrons. The van der Waals surface area contributed by atoms with Gasteiger partial charge in [0.25, 0.3) is 0 Å². The van der Waals surface area contributed by atoms with E-state index in [0.29, 0.717) is 6.42 Å². The zero-order chi connectivity index (χ0) is 14.9. The van der Waals surface area contributed by atoms with E-state index in [2.05, 4.69) is 9.78 Å². The van der Waals surface area contributed by atoms with Crippen molar-refractivity contribution in [2.45, 2.75) is 12.8 Å². The van der Waals surface area contributed by atoms with Gasteiger partial charge in [0.15, 0.2) is 0 Å². The highest BCUT2D eigenvalue weighted by Gasteiger charge is 2.58. The Morgan fingerprint density at radius 3 is 1.55 bits per heavy atom. The first-order chi connectivity index (χ1) is 9.51. The number of carbonyl (C=O) groups is 2. The van der Waals surface area contributed by atoms with Gasteiger partial charge in [-0.1, -0.05) is 0 Å². The van der Waals surface area contributed by atoms with Crippen LogP contribution < -0.4 is 0 Å². The molecule has 2 aliphatic rings. The minimum Gasteiger partial charge on any atom is -0.481 e. The highest BCUT2D eigenvalue weighted by atomic mass is 17.1. The van der Waals surface area contributed by atoms with Crippen LogP contribution in [0, 0.1) is 35.5 Å². The number of fused-ring (bicyclic) bond motifs is 1. The molecular formula is C12H18O8. The van der Waals surface area contributed by atoms with Gasteiger partial charge in [0.2, 0.25) is 0 Å². The summed E-state index contributed by atoms with van der Waals surface area (Å²) < 4.78 is 0. The predicted molar refractivity (Wildman–Crippen MR) is 62.6 cm³/mol. The highest BCUT2D eigenvalue weighted by molar-refractivity contribution is 5.76. The second kappa shape index (κ2) is 6.04. The Bertz CT molecular complexity index is 350. The summed E-state index contributed by atoms with van der Waals surface area (Å²) in [6.07, 6.45) is 0.522. The summed E-state index contributed by atoms with van der Waals surface area (Å²) in [5.41, 5.74) is 0. The molecule has 2 rings (SSSR count). The number of hydrogen-bond donors (Lipinski definition) is 4. The van der Waals surface area contributed by atoms with E-state index in [0.717, 1.165) is 0 Å². The Morgan fingerprint density at radius 2 is 1.25 bits per heavy atom. The van der Waals surface area contributed by atoms with E-state index in [9.17, 15) is 19.8 Å². The van der Waals surface area contributed by atoms with Gasteiger partial charge in [-0.15, -0.1) is 0 Å². The molecule has 0 aromatic heterocycles. The Kier molecular flexibility index (Phi) is 4.59. The summed E-state index contributed by atoms with van der Waals surface area (Å²) in [4.78, 5) is 31.0. The third kappa shape index (κ3) is 2.51. The molecule has 0 aromatic carbocycles. The lowest BCUT2D eigenvalue weighted by Crippen LogP contribution is -2.28. The fraction of sp³-hybridized carbons (Fsp3) is 0.833. The molecule has 8 nitrogen and oxygen atoms in total. The lowest BCUT2D eigenvalue weighted by Gasteiger charge is -2.23. The number of rotatable bonds is 6. The lowest BCUT2D eigenvalue weighted by atomic mass is 9.82. The zero-order valence-corrected chi connectivity index (χ0v) is 10.7. The Balaban J connectivity index is 2.29. The molecule has 6 unspecified atom stereocenters. The molecule has 114 valence electrons. The zero-order valence-electron chi connectivity index (χ0n) is 10.7. The number of aliphatic carboxylic acids is 2. The van der Waals surface area contributed by atoms with Crippen LogP contribution in [0.25, 0.3) is 0 Å². The van der Waals surface area contributed by atoms with Crippen molar-refractivity contribution in [3.05, 3.63) is 0 Å². The molecule has 2 saturated carbocycles. The fourth-order valence-corrected chi connectivity index (χ4v) is 4.19. The van der Waals surface area contributed by atoms with Crippen molar-refractivity contribution in [2.75, 3.05) is 13.2 Å². The maximum atomic E-state index is 11.3. The molecule has 0 saturated heterocycles. The van der Waals surface area contributed by atoms with Crippen LogP contribution in [0.1, 0.15) is 12.8 Å². The third-order valence-corrected chi connectivity index (χ3v) is 4.79. The van der Waals surface area contributed by atoms with Crippen molar-refractivity contribution < 1.29 is 40.1 Å². The first kappa shape index (κ1) is 15.2. The van der Waals surface area contributed by atoms with Crippen molar-refractivity contribution >= 4 is 11.9 Å². The molecule has 2 fully saturated rings. The molecule has 8 heteroatoms. The maximum Gasteiger partial charge on any atom is 0.306 e. The van der Waals surface area contributed by atoms with Gasteiger partial charge in [-0.3, -0.25) is 20.1 Å². The number of carboxylic acid groups (broad SMARTS) is 2. The van der Waals surface area contributed by atoms with Gasteiger partial charge in [-0.25, -0.2) is 9.78 Å². The smallest absolute Gasteiger partial charge is 0.306 e. The van der Waals surface area contributed by atoms with Crippen LogP contribution in [0.3, 0.4) is 0 Å². The van der Waals surface area contributed by atoms with Crippen molar-refractivity contribution in [3.63, 3.8) is 0 Å². The fourth-order valence-electron chi connectivity index (χ4n) is 4.19. The first-order valence-electron chi connectivity index (χ1n) is 6.49. The van der Waals surface area contributed by atoms with Crippen LogP contribution in [0.5, 0.6) is 0 Å². The molecular weight excluding hydrogens is 272 g/mol. The van der Waals surface area contributed by atoms with Crippen molar-refractivity contribution in [1.29, 1.82) is 0 Å². The lowest BCUT2D eigenvalue weighted by molar-refractivity contribution is -0.257. The molecule has 6 atom stereocenters. The Labute approximate surface area is 114 Å². The van der Waals surface area contributed by atoms with E-state index >= 15 is 0 Å². The second-order valence-electron chi connectivity index (χ2n) is 5.63. The molecule has 4 N–H and O–H groups in total. The summed E-state index contributed by atoms with van der Waals surface area (Å²) in [6.45, 7) is -0.0849. The molecule has 0 amide bonds. The normalized spacial score (nSPS) is 39.7. The second-order valence-corrected chi connectivity index (χ2v) is 5.63. The van der Waals surface area contributed by atoms with Crippen molar-refractivity contribution in [2.24, 2.45) is 35.5 Å². The molecule has 0 aliphatic heterocycles. The van der Waals surface area contributed by atoms with Gasteiger partial charge in [0.05, 0.1) is 25.0 Å². The van der Waals surface area contributed by atoms with Gasteiger partial charge in [0, 0.05) is 0 Å². The van der Waals surface area contributed by atoms with Crippen molar-refractivity contribution in [1.82, 2.24) is 0 Å². The van der Waals surface area contributed by atoms with Crippen LogP contribution in [0.15, 0.2) is 0 Å². The molecule has 20 heavy (non-hydrogen) atoms. The third-order valence-electron chi connectivity index (χ3n) is 4.79. The number of carboxylic acids is 2. The van der Waals surface area contributed by atoms with E-state index in [1.165, 1.54) is 0 Å². The van der Waals surface area contributed by atoms with Gasteiger partial charge in [-0.2, -0.15) is 0 Å². The quantitative estimate of drug-likeness (QED) is 0.413. The van der Waals surface area contributed by atoms with Crippen LogP contribution >= 0.6 is 0 Å². The van der Waals surface area contributed by atoms with E-state index in [1.807, 2.05) is 0 Å². The minimum absolute atomic E-state index is 0.0424. The van der Waals surface area contributed by atoms with E-state index < -0.39 is 23.8 Å². The van der Waals surface area contributed by atoms with Gasteiger partial charge < -0.3 is 10.2 Å². The van der Waals surface area contributed by atoms with Gasteiger partial charge in [0.1, 0.15) is 0 Å². The summed E-state index contributed by atoms with van der Waals surface area (Å²) >= 11 is 0. The van der Waals surface area contributed by atoms with Crippen molar-refractivity contribution in [3.8, 4) is 0 Å². The molecule has 0 spiro atoms. The summed E-state index contributed by atoms with van der Waals surface area (Å²) in [5.74, 6) is -4.89. The van der Waals surface area contributed by atoms with E-state index in [1.54, 1.807) is 0 Å². The van der Waals surface area contributed by atoms with Crippen LogP contribution in [-0.2, 0) is 19.4 Å². The Hall–Kier alpha value is -1.22. The summed E-state index contributed by atoms with van der Waals surface area (Å²) in [6, 6.07) is 0. The molecule has 0 heterocycles. The Morgan fingerprint density at radius 1 is 0.850 bits per heavy atom. The summed E-state index contributed by atoms with van der Waals surface area (Å²) in [5, 5.41) is 35.8. The van der Waals surface area contributed by atoms with Crippen LogP contribution in [-0.4, -0.2) is 45.9 Å². The van der Waals surface area contributed by atoms with E-state index in [-0.39, 0.29) is 43.3 Å². The predicted octanol–water partition coefficient (Wildman–Crippen LogP) is 0.639. The monoisotopic (exact) mass is 290 g/mol. The number of hydrogen-bond acceptors (Lipinski definition) is 6. The molecule has 0 aromatic rings. The average Bonchev–Trinajstić information content (AvgIpc) is 2.90. The summed E-state index contributed by atoms with van der Waals surface area (Å²) in [7, 11) is 0. The van der Waals surface area contributed by atoms with Gasteiger partial charge >= 0.3 is 11.9 Å². The van der Waals surface area contributed by atoms with Crippen LogP contribution in [0.2, 0.25) is 0 Å². The highest BCUT2D eigenvalue weighted by Crippen LogP contribution is 2.56. The largest absolute Gasteiger partial charge is 0.481 e. The average molecular weight is 290 g/mol. The van der Waals surface area contributed by atoms with E-state index in [4.69, 9.17) is 10.5 Å². The molecule has 0 bridgehead atoms. The maximum absolute atomic E-state index is 11.3. The minimum atomic E-state index is -1.03. The molecule has 2 aliphatic carbocycles. The first-order valence-corrected chi connectivity index (χ1v) is 6.49. The topological polar surface area (TPSA) is 134 Å². The SMILES string of the molecule is O=C(O)C1CC(C(=O)O)C2C(COO)CC(COO)C12. The standard InChI is InChI=1S/C12H18O8/c13-11(14)7-2-8(12(15)16)10-6(4-20-18)1-5(3-19-17)9(7)10/h5-10,17-18H,1-4H2,(H,13,14)(H,15,16). The van der Waals surface area contributed by atoms with Crippen LogP contribution in [0.4, 0.5) is 0 Å².